The quantitative estimate of drug-likeness (QED) is 0.310. The number of carbonyl (C=O) groups excluding carboxylic acids is 1. The van der Waals surface area contributed by atoms with Gasteiger partial charge in [-0.05, 0) is 0 Å². The van der Waals surface area contributed by atoms with Gasteiger partial charge in [0.1, 0.15) is 0 Å². The van der Waals surface area contributed by atoms with E-state index >= 15 is 0 Å². The molecule has 8 heavy (non-hydrogen) atoms. The van der Waals surface area contributed by atoms with Crippen LogP contribution in [0.5, 0.6) is 0 Å². The molecular formula is C5H11INO-. The van der Waals surface area contributed by atoms with E-state index in [4.69, 9.17) is 5.73 Å². The molecule has 0 aromatic heterocycles. The van der Waals surface area contributed by atoms with Crippen LogP contribution in [-0.4, -0.2) is 14.3 Å². The predicted molar refractivity (Wildman–Crippen MR) is 29.2 cm³/mol. The van der Waals surface area contributed by atoms with Gasteiger partial charge in [-0.25, -0.2) is 0 Å². The van der Waals surface area contributed by atoms with E-state index in [-0.39, 0.29) is 25.0 Å². The zero-order chi connectivity index (χ0) is 6.78. The van der Waals surface area contributed by atoms with E-state index in [0.29, 0.717) is 0 Å². The Morgan fingerprint density at radius 1 is 1.62 bits per heavy atom. The van der Waals surface area contributed by atoms with Crippen molar-refractivity contribution in [3.05, 3.63) is 0 Å². The molecule has 0 atom stereocenters. The van der Waals surface area contributed by atoms with Gasteiger partial charge in [0.2, 0.25) is 0 Å². The van der Waals surface area contributed by atoms with E-state index in [9.17, 15) is 4.79 Å². The molecule has 0 bridgehead atoms. The average Bonchev–Trinajstić information content (AvgIpc) is 1.62. The molecule has 0 aromatic carbocycles. The second kappa shape index (κ2) is 2.77. The first kappa shape index (κ1) is 8.36. The van der Waals surface area contributed by atoms with Crippen molar-refractivity contribution in [2.24, 2.45) is 5.73 Å². The third-order valence-electron chi connectivity index (χ3n) is 0.678. The summed E-state index contributed by atoms with van der Waals surface area (Å²) >= 11 is -0.309. The zero-order valence-corrected chi connectivity index (χ0v) is 7.52. The molecular weight excluding hydrogens is 217 g/mol. The fourth-order valence-electron chi connectivity index (χ4n) is 0.244. The molecule has 50 valence electrons. The van der Waals surface area contributed by atoms with Crippen molar-refractivity contribution in [3.63, 3.8) is 0 Å². The summed E-state index contributed by atoms with van der Waals surface area (Å²) in [6, 6.07) is 0. The van der Waals surface area contributed by atoms with Crippen LogP contribution in [0.4, 0.5) is 0 Å². The summed E-state index contributed by atoms with van der Waals surface area (Å²) in [5.74, 6) is 0. The Balaban J connectivity index is 3.82. The van der Waals surface area contributed by atoms with E-state index in [2.05, 4.69) is 0 Å². The summed E-state index contributed by atoms with van der Waals surface area (Å²) in [7, 11) is 0. The summed E-state index contributed by atoms with van der Waals surface area (Å²) < 4.78 is 0.219. The molecule has 0 aromatic rings. The van der Waals surface area contributed by atoms with Crippen LogP contribution in [0.25, 0.3) is 0 Å². The van der Waals surface area contributed by atoms with Crippen LogP contribution < -0.4 is 26.9 Å². The van der Waals surface area contributed by atoms with E-state index < -0.39 is 5.54 Å². The Morgan fingerprint density at radius 3 is 2.00 bits per heavy atom. The van der Waals surface area contributed by atoms with E-state index in [1.54, 1.807) is 13.8 Å². The van der Waals surface area contributed by atoms with Crippen LogP contribution in [0.3, 0.4) is 0 Å². The van der Waals surface area contributed by atoms with Gasteiger partial charge in [0.15, 0.2) is 0 Å². The normalized spacial score (nSPS) is 12.0. The number of hydrogen-bond acceptors (Lipinski definition) is 2. The van der Waals surface area contributed by atoms with Crippen molar-refractivity contribution in [2.45, 2.75) is 19.4 Å². The molecule has 0 radical (unpaired) electrons. The van der Waals surface area contributed by atoms with Crippen molar-refractivity contribution in [1.82, 2.24) is 0 Å². The molecule has 2 nitrogen and oxygen atoms in total. The standard InChI is InChI=1S/C5H11INO/c1-5(2,7)4(8)6-3/h7H2,1-3H3/q-1. The first-order valence-corrected chi connectivity index (χ1v) is 5.55. The van der Waals surface area contributed by atoms with Gasteiger partial charge in [0, 0.05) is 0 Å². The van der Waals surface area contributed by atoms with Gasteiger partial charge in [-0.1, -0.05) is 0 Å². The summed E-state index contributed by atoms with van der Waals surface area (Å²) in [6.45, 7) is 3.50. The van der Waals surface area contributed by atoms with Crippen LogP contribution in [0, 0.1) is 0 Å². The fraction of sp³-hybridized carbons (Fsp3) is 0.800. The van der Waals surface area contributed by atoms with Crippen molar-refractivity contribution >= 4 is 3.79 Å². The SMILES string of the molecule is C[I-]C(=O)C(C)(C)N. The molecule has 2 N–H and O–H groups in total. The van der Waals surface area contributed by atoms with Gasteiger partial charge in [-0.2, -0.15) is 0 Å². The van der Waals surface area contributed by atoms with E-state index in [1.807, 2.05) is 4.93 Å². The van der Waals surface area contributed by atoms with Gasteiger partial charge >= 0.3 is 59.8 Å². The molecule has 0 rings (SSSR count). The first-order chi connectivity index (χ1) is 3.48. The van der Waals surface area contributed by atoms with Crippen LogP contribution in [0.2, 0.25) is 0 Å². The van der Waals surface area contributed by atoms with Crippen molar-refractivity contribution in [1.29, 1.82) is 0 Å². The predicted octanol–water partition coefficient (Wildman–Crippen LogP) is -3.03. The molecule has 0 aliphatic heterocycles. The Kier molecular flexibility index (Phi) is 2.90. The molecule has 0 aliphatic carbocycles. The van der Waals surface area contributed by atoms with Gasteiger partial charge in [0.05, 0.1) is 0 Å². The second-order valence-corrected chi connectivity index (χ2v) is 4.24. The Labute approximate surface area is 60.1 Å². The van der Waals surface area contributed by atoms with Crippen molar-refractivity contribution < 1.29 is 26.0 Å². The molecule has 0 heterocycles. The number of nitrogens with two attached hydrogens (primary N) is 1. The Hall–Kier alpha value is 0.360. The molecule has 0 unspecified atom stereocenters. The molecule has 3 heteroatoms. The third-order valence-corrected chi connectivity index (χ3v) is 3.05. The summed E-state index contributed by atoms with van der Waals surface area (Å²) in [5, 5.41) is 0. The molecule has 0 aliphatic rings. The molecule has 0 fully saturated rings. The number of rotatable bonds is 2. The first-order valence-electron chi connectivity index (χ1n) is 2.31. The van der Waals surface area contributed by atoms with Gasteiger partial charge in [-0.3, -0.25) is 0 Å². The zero-order valence-electron chi connectivity index (χ0n) is 5.36. The van der Waals surface area contributed by atoms with Crippen molar-refractivity contribution in [2.75, 3.05) is 4.93 Å². The molecule has 0 spiro atoms. The second-order valence-electron chi connectivity index (χ2n) is 2.18. The topological polar surface area (TPSA) is 43.1 Å². The minimum absolute atomic E-state index is 0.219. The molecule has 0 saturated carbocycles. The number of hydrogen-bond donors (Lipinski definition) is 1. The molecule has 0 amide bonds. The maximum atomic E-state index is 10.8. The monoisotopic (exact) mass is 228 g/mol. The third kappa shape index (κ3) is 2.61. The number of halogens is 1. The number of carbonyl (C=O) groups is 1. The summed E-state index contributed by atoms with van der Waals surface area (Å²) in [5.41, 5.74) is 4.89. The Morgan fingerprint density at radius 2 is 2.00 bits per heavy atom. The minimum atomic E-state index is -0.581. The number of alkyl halides is 1. The van der Waals surface area contributed by atoms with Crippen LogP contribution in [0.1, 0.15) is 13.8 Å². The van der Waals surface area contributed by atoms with E-state index in [1.165, 1.54) is 0 Å². The van der Waals surface area contributed by atoms with Crippen molar-refractivity contribution in [3.8, 4) is 0 Å². The Bertz CT molecular complexity index is 95.1. The van der Waals surface area contributed by atoms with Gasteiger partial charge in [-0.15, -0.1) is 0 Å². The van der Waals surface area contributed by atoms with Crippen LogP contribution in [-0.2, 0) is 4.79 Å². The maximum absolute atomic E-state index is 10.8. The van der Waals surface area contributed by atoms with E-state index in [0.717, 1.165) is 0 Å². The average molecular weight is 228 g/mol. The van der Waals surface area contributed by atoms with Gasteiger partial charge < -0.3 is 0 Å². The summed E-state index contributed by atoms with van der Waals surface area (Å²) in [4.78, 5) is 12.7. The van der Waals surface area contributed by atoms with Crippen LogP contribution >= 0.6 is 0 Å². The summed E-state index contributed by atoms with van der Waals surface area (Å²) in [6.07, 6.45) is 0. The fourth-order valence-corrected chi connectivity index (χ4v) is 1.63. The van der Waals surface area contributed by atoms with Gasteiger partial charge in [0.25, 0.3) is 0 Å². The molecule has 0 saturated heterocycles. The van der Waals surface area contributed by atoms with Crippen LogP contribution in [0.15, 0.2) is 0 Å².